The largest absolute Gasteiger partial charge is 0.315 e. The van der Waals surface area contributed by atoms with Crippen molar-refractivity contribution in [2.45, 2.75) is 38.5 Å². The number of fused-ring (bicyclic) bond motifs is 1. The number of thioether (sulfide) groups is 1. The van der Waals surface area contributed by atoms with Gasteiger partial charge in [-0.15, -0.1) is 0 Å². The van der Waals surface area contributed by atoms with Gasteiger partial charge in [-0.25, -0.2) is 8.42 Å². The maximum atomic E-state index is 12.1. The van der Waals surface area contributed by atoms with Gasteiger partial charge in [0.2, 0.25) is 0 Å². The van der Waals surface area contributed by atoms with Crippen molar-refractivity contribution < 1.29 is 13.2 Å². The van der Waals surface area contributed by atoms with Gasteiger partial charge in [0.25, 0.3) is 5.91 Å². The Hall–Kier alpha value is -1.34. The molecule has 0 spiro atoms. The SMILES string of the molecule is CCc1ccccc1N1C(=NC(=O)C(C)C)S[C@H]2CS(=O)(=O)C[C@H]21. The highest BCUT2D eigenvalue weighted by molar-refractivity contribution is 8.16. The molecular weight excluding hydrogens is 344 g/mol. The first-order valence-corrected chi connectivity index (χ1v) is 10.9. The lowest BCUT2D eigenvalue weighted by molar-refractivity contribution is -0.120. The second-order valence-corrected chi connectivity index (χ2v) is 9.90. The van der Waals surface area contributed by atoms with E-state index < -0.39 is 9.84 Å². The van der Waals surface area contributed by atoms with Crippen molar-refractivity contribution in [1.82, 2.24) is 0 Å². The van der Waals surface area contributed by atoms with E-state index >= 15 is 0 Å². The number of carbonyl (C=O) groups excluding carboxylic acids is 1. The van der Waals surface area contributed by atoms with Crippen molar-refractivity contribution >= 4 is 38.4 Å². The van der Waals surface area contributed by atoms with Crippen LogP contribution >= 0.6 is 11.8 Å². The molecule has 2 aliphatic rings. The third-order valence-corrected chi connectivity index (χ3v) is 7.61. The van der Waals surface area contributed by atoms with E-state index in [4.69, 9.17) is 0 Å². The summed E-state index contributed by atoms with van der Waals surface area (Å²) < 4.78 is 24.1. The van der Waals surface area contributed by atoms with E-state index in [2.05, 4.69) is 11.9 Å². The van der Waals surface area contributed by atoms with Gasteiger partial charge in [-0.1, -0.05) is 50.7 Å². The molecule has 7 heteroatoms. The predicted molar refractivity (Wildman–Crippen MR) is 99.4 cm³/mol. The van der Waals surface area contributed by atoms with Crippen molar-refractivity contribution in [3.05, 3.63) is 29.8 Å². The molecule has 2 aliphatic heterocycles. The number of hydrogen-bond donors (Lipinski definition) is 0. The van der Waals surface area contributed by atoms with Crippen LogP contribution in [0.3, 0.4) is 0 Å². The second kappa shape index (κ2) is 6.52. The summed E-state index contributed by atoms with van der Waals surface area (Å²) in [7, 11) is -3.04. The van der Waals surface area contributed by atoms with Gasteiger partial charge in [-0.2, -0.15) is 4.99 Å². The molecule has 5 nitrogen and oxygen atoms in total. The van der Waals surface area contributed by atoms with E-state index in [1.807, 2.05) is 43.0 Å². The maximum absolute atomic E-state index is 12.1. The average molecular weight is 367 g/mol. The Labute approximate surface area is 147 Å². The van der Waals surface area contributed by atoms with Gasteiger partial charge in [-0.05, 0) is 18.1 Å². The summed E-state index contributed by atoms with van der Waals surface area (Å²) in [5, 5.41) is 0.582. The number of anilines is 1. The Bertz CT molecular complexity index is 787. The first kappa shape index (κ1) is 17.5. The van der Waals surface area contributed by atoms with Crippen LogP contribution in [0.2, 0.25) is 0 Å². The van der Waals surface area contributed by atoms with Crippen LogP contribution in [-0.4, -0.2) is 42.3 Å². The summed E-state index contributed by atoms with van der Waals surface area (Å²) in [6.45, 7) is 5.71. The highest BCUT2D eigenvalue weighted by Crippen LogP contribution is 2.42. The zero-order chi connectivity index (χ0) is 17.5. The molecule has 0 radical (unpaired) electrons. The number of aryl methyl sites for hydroxylation is 1. The predicted octanol–water partition coefficient (Wildman–Crippen LogP) is 2.51. The van der Waals surface area contributed by atoms with Crippen LogP contribution in [0.25, 0.3) is 0 Å². The number of amides is 1. The third kappa shape index (κ3) is 3.24. The highest BCUT2D eigenvalue weighted by atomic mass is 32.2. The molecule has 24 heavy (non-hydrogen) atoms. The lowest BCUT2D eigenvalue weighted by Gasteiger charge is -2.26. The van der Waals surface area contributed by atoms with Crippen LogP contribution in [0.15, 0.2) is 29.3 Å². The van der Waals surface area contributed by atoms with Crippen molar-refractivity contribution in [2.75, 3.05) is 16.4 Å². The lowest BCUT2D eigenvalue weighted by atomic mass is 10.1. The van der Waals surface area contributed by atoms with E-state index in [9.17, 15) is 13.2 Å². The number of para-hydroxylation sites is 1. The second-order valence-electron chi connectivity index (χ2n) is 6.54. The number of amidine groups is 1. The topological polar surface area (TPSA) is 66.8 Å². The van der Waals surface area contributed by atoms with Crippen LogP contribution in [0.1, 0.15) is 26.3 Å². The van der Waals surface area contributed by atoms with Gasteiger partial charge in [-0.3, -0.25) is 4.79 Å². The molecule has 130 valence electrons. The first-order valence-electron chi connectivity index (χ1n) is 8.19. The van der Waals surface area contributed by atoms with Gasteiger partial charge < -0.3 is 4.90 Å². The number of hydrogen-bond acceptors (Lipinski definition) is 4. The Morgan fingerprint density at radius 2 is 2.04 bits per heavy atom. The summed E-state index contributed by atoms with van der Waals surface area (Å²) in [4.78, 5) is 18.4. The van der Waals surface area contributed by atoms with Crippen molar-refractivity contribution in [3.8, 4) is 0 Å². The Morgan fingerprint density at radius 1 is 1.33 bits per heavy atom. The van der Waals surface area contributed by atoms with E-state index in [-0.39, 0.29) is 34.6 Å². The van der Waals surface area contributed by atoms with Crippen LogP contribution in [0.5, 0.6) is 0 Å². The standard InChI is InChI=1S/C17H22N2O3S2/c1-4-12-7-5-6-8-13(12)19-14-9-24(21,22)10-15(14)23-17(19)18-16(20)11(2)3/h5-8,11,14-15H,4,9-10H2,1-3H3/t14-,15+/m1/s1. The first-order chi connectivity index (χ1) is 11.3. The molecule has 1 aromatic carbocycles. The molecule has 2 saturated heterocycles. The summed E-state index contributed by atoms with van der Waals surface area (Å²) in [5.74, 6) is -0.0653. The van der Waals surface area contributed by atoms with Gasteiger partial charge in [0.05, 0.1) is 17.5 Å². The molecule has 0 N–H and O–H groups in total. The molecule has 2 fully saturated rings. The van der Waals surface area contributed by atoms with Gasteiger partial charge >= 0.3 is 0 Å². The summed E-state index contributed by atoms with van der Waals surface area (Å²) in [5.41, 5.74) is 2.10. The van der Waals surface area contributed by atoms with E-state index in [0.29, 0.717) is 5.17 Å². The minimum absolute atomic E-state index is 0.0568. The van der Waals surface area contributed by atoms with Crippen LogP contribution in [-0.2, 0) is 21.1 Å². The smallest absolute Gasteiger partial charge is 0.250 e. The van der Waals surface area contributed by atoms with Gasteiger partial charge in [0, 0.05) is 16.9 Å². The molecule has 0 bridgehead atoms. The molecule has 0 unspecified atom stereocenters. The van der Waals surface area contributed by atoms with Gasteiger partial charge in [0.15, 0.2) is 15.0 Å². The summed E-state index contributed by atoms with van der Waals surface area (Å²) in [6, 6.07) is 7.80. The molecule has 2 heterocycles. The van der Waals surface area contributed by atoms with Crippen molar-refractivity contribution in [1.29, 1.82) is 0 Å². The zero-order valence-electron chi connectivity index (χ0n) is 14.1. The number of aliphatic imine (C=N–C) groups is 1. The molecular formula is C17H22N2O3S2. The number of nitrogens with zero attached hydrogens (tertiary/aromatic N) is 2. The minimum Gasteiger partial charge on any atom is -0.315 e. The minimum atomic E-state index is -3.04. The molecule has 0 aliphatic carbocycles. The lowest BCUT2D eigenvalue weighted by Crippen LogP contribution is -2.38. The van der Waals surface area contributed by atoms with Crippen LogP contribution in [0, 0.1) is 5.92 Å². The van der Waals surface area contributed by atoms with Crippen molar-refractivity contribution in [2.24, 2.45) is 10.9 Å². The quantitative estimate of drug-likeness (QED) is 0.822. The number of benzene rings is 1. The Balaban J connectivity index is 2.06. The fourth-order valence-corrected chi connectivity index (χ4v) is 7.03. The monoisotopic (exact) mass is 366 g/mol. The molecule has 1 amide bonds. The third-order valence-electron chi connectivity index (χ3n) is 4.40. The Kier molecular flexibility index (Phi) is 4.75. The number of sulfone groups is 1. The highest BCUT2D eigenvalue weighted by Gasteiger charge is 2.49. The Morgan fingerprint density at radius 3 is 2.71 bits per heavy atom. The maximum Gasteiger partial charge on any atom is 0.250 e. The van der Waals surface area contributed by atoms with Crippen LogP contribution in [0.4, 0.5) is 5.69 Å². The summed E-state index contributed by atoms with van der Waals surface area (Å²) in [6.07, 6.45) is 0.840. The molecule has 0 aromatic heterocycles. The van der Waals surface area contributed by atoms with Crippen molar-refractivity contribution in [3.63, 3.8) is 0 Å². The number of rotatable bonds is 3. The van der Waals surface area contributed by atoms with Gasteiger partial charge in [0.1, 0.15) is 0 Å². The van der Waals surface area contributed by atoms with Crippen LogP contribution < -0.4 is 4.90 Å². The average Bonchev–Trinajstić information content (AvgIpc) is 2.98. The fourth-order valence-electron chi connectivity index (χ4n) is 3.11. The fraction of sp³-hybridized carbons (Fsp3) is 0.529. The molecule has 0 saturated carbocycles. The summed E-state index contributed by atoms with van der Waals surface area (Å²) >= 11 is 1.43. The molecule has 1 aromatic rings. The number of carbonyl (C=O) groups is 1. The van der Waals surface area contributed by atoms with E-state index in [1.165, 1.54) is 11.8 Å². The molecule has 2 atom stereocenters. The zero-order valence-corrected chi connectivity index (χ0v) is 15.7. The van der Waals surface area contributed by atoms with E-state index in [1.54, 1.807) is 0 Å². The molecule has 3 rings (SSSR count). The van der Waals surface area contributed by atoms with E-state index in [0.717, 1.165) is 17.7 Å². The normalized spacial score (nSPS) is 27.0.